The number of alkyl halides is 3. The Balaban J connectivity index is 2.13. The van der Waals surface area contributed by atoms with Crippen LogP contribution in [0.5, 0.6) is 0 Å². The maximum absolute atomic E-state index is 12.6. The predicted molar refractivity (Wildman–Crippen MR) is 54.7 cm³/mol. The minimum atomic E-state index is -4.43. The molecule has 17 heavy (non-hydrogen) atoms. The van der Waals surface area contributed by atoms with Crippen LogP contribution in [-0.2, 0) is 0 Å². The second-order valence-electron chi connectivity index (χ2n) is 3.89. The van der Waals surface area contributed by atoms with Crippen LogP contribution in [0.25, 0.3) is 0 Å². The second kappa shape index (κ2) is 3.87. The van der Waals surface area contributed by atoms with Crippen LogP contribution in [0.3, 0.4) is 0 Å². The highest BCUT2D eigenvalue weighted by Gasteiger charge is 2.64. The fourth-order valence-electron chi connectivity index (χ4n) is 1.41. The van der Waals surface area contributed by atoms with E-state index in [-0.39, 0.29) is 23.6 Å². The molecule has 0 saturated heterocycles. The molecule has 0 unspecified atom stereocenters. The lowest BCUT2D eigenvalue weighted by atomic mass is 10.2. The Morgan fingerprint density at radius 1 is 1.47 bits per heavy atom. The molecule has 2 rings (SSSR count). The van der Waals surface area contributed by atoms with Crippen LogP contribution in [-0.4, -0.2) is 22.6 Å². The highest BCUT2D eigenvalue weighted by atomic mass is 35.5. The number of rotatable bonds is 2. The van der Waals surface area contributed by atoms with E-state index in [9.17, 15) is 18.0 Å². The molecule has 1 aliphatic rings. The van der Waals surface area contributed by atoms with Gasteiger partial charge in [-0.05, 0) is 25.0 Å². The molecule has 1 aromatic rings. The summed E-state index contributed by atoms with van der Waals surface area (Å²) in [5.74, 6) is -0.859. The first-order valence-electron chi connectivity index (χ1n) is 4.85. The predicted octanol–water partition coefficient (Wildman–Crippen LogP) is 2.56. The lowest BCUT2D eigenvalue weighted by molar-refractivity contribution is -0.163. The van der Waals surface area contributed by atoms with E-state index < -0.39 is 17.6 Å². The fraction of sp³-hybridized carbons (Fsp3) is 0.400. The van der Waals surface area contributed by atoms with Crippen LogP contribution in [0.4, 0.5) is 13.2 Å². The number of carbonyl (C=O) groups excluding carboxylic acids is 1. The Morgan fingerprint density at radius 2 is 2.12 bits per heavy atom. The lowest BCUT2D eigenvalue weighted by Crippen LogP contribution is -2.48. The quantitative estimate of drug-likeness (QED) is 0.892. The Labute approximate surface area is 100.0 Å². The summed E-state index contributed by atoms with van der Waals surface area (Å²) in [6, 6.07) is 2.67. The van der Waals surface area contributed by atoms with Crippen LogP contribution in [0, 0.1) is 0 Å². The lowest BCUT2D eigenvalue weighted by Gasteiger charge is -2.20. The zero-order chi connectivity index (χ0) is 12.7. The van der Waals surface area contributed by atoms with Gasteiger partial charge in [0.05, 0.1) is 0 Å². The fourth-order valence-corrected chi connectivity index (χ4v) is 1.57. The largest absolute Gasteiger partial charge is 0.411 e. The van der Waals surface area contributed by atoms with Gasteiger partial charge in [-0.25, -0.2) is 0 Å². The van der Waals surface area contributed by atoms with Crippen LogP contribution < -0.4 is 5.32 Å². The van der Waals surface area contributed by atoms with Crippen molar-refractivity contribution in [3.05, 3.63) is 29.0 Å². The van der Waals surface area contributed by atoms with Gasteiger partial charge in [0, 0.05) is 11.2 Å². The van der Waals surface area contributed by atoms with Crippen molar-refractivity contribution in [3.8, 4) is 0 Å². The Morgan fingerprint density at radius 3 is 2.59 bits per heavy atom. The van der Waals surface area contributed by atoms with E-state index >= 15 is 0 Å². The molecule has 1 N–H and O–H groups in total. The van der Waals surface area contributed by atoms with Crippen molar-refractivity contribution < 1.29 is 18.0 Å². The normalized spacial score (nSPS) is 17.6. The van der Waals surface area contributed by atoms with Gasteiger partial charge in [0.2, 0.25) is 0 Å². The molecule has 1 heterocycles. The topological polar surface area (TPSA) is 42.0 Å². The molecular formula is C10H8ClF3N2O. The molecule has 0 spiro atoms. The van der Waals surface area contributed by atoms with Gasteiger partial charge in [-0.3, -0.25) is 9.78 Å². The molecule has 0 bridgehead atoms. The summed E-state index contributed by atoms with van der Waals surface area (Å²) in [6.45, 7) is 0. The van der Waals surface area contributed by atoms with E-state index in [0.29, 0.717) is 0 Å². The molecule has 0 aromatic carbocycles. The summed E-state index contributed by atoms with van der Waals surface area (Å²) in [7, 11) is 0. The molecular weight excluding hydrogens is 257 g/mol. The highest BCUT2D eigenvalue weighted by Crippen LogP contribution is 2.48. The summed E-state index contributed by atoms with van der Waals surface area (Å²) in [6.07, 6.45) is -3.35. The first kappa shape index (κ1) is 12.2. The zero-order valence-electron chi connectivity index (χ0n) is 8.51. The van der Waals surface area contributed by atoms with Crippen LogP contribution in [0.2, 0.25) is 5.02 Å². The number of aromatic nitrogens is 1. The van der Waals surface area contributed by atoms with Gasteiger partial charge in [-0.1, -0.05) is 11.6 Å². The molecule has 0 atom stereocenters. The van der Waals surface area contributed by atoms with Gasteiger partial charge < -0.3 is 5.32 Å². The van der Waals surface area contributed by atoms with Gasteiger partial charge in [0.25, 0.3) is 5.91 Å². The molecule has 1 saturated carbocycles. The van der Waals surface area contributed by atoms with Crippen molar-refractivity contribution in [3.63, 3.8) is 0 Å². The maximum atomic E-state index is 12.6. The summed E-state index contributed by atoms with van der Waals surface area (Å²) in [4.78, 5) is 15.2. The van der Waals surface area contributed by atoms with Crippen LogP contribution >= 0.6 is 11.6 Å². The Hall–Kier alpha value is -1.30. The number of pyridine rings is 1. The van der Waals surface area contributed by atoms with E-state index in [0.717, 1.165) is 0 Å². The van der Waals surface area contributed by atoms with Gasteiger partial charge >= 0.3 is 6.18 Å². The summed E-state index contributed by atoms with van der Waals surface area (Å²) < 4.78 is 37.8. The SMILES string of the molecule is O=C(NC1(C(F)(F)F)CC1)c1cc(Cl)ccn1. The minimum Gasteiger partial charge on any atom is -0.336 e. The van der Waals surface area contributed by atoms with Gasteiger partial charge in [0.15, 0.2) is 0 Å². The number of nitrogens with zero attached hydrogens (tertiary/aromatic N) is 1. The van der Waals surface area contributed by atoms with Crippen molar-refractivity contribution in [2.45, 2.75) is 24.6 Å². The van der Waals surface area contributed by atoms with E-state index in [2.05, 4.69) is 4.98 Å². The molecule has 3 nitrogen and oxygen atoms in total. The Kier molecular flexibility index (Phi) is 2.77. The van der Waals surface area contributed by atoms with Crippen molar-refractivity contribution in [1.29, 1.82) is 0 Å². The smallest absolute Gasteiger partial charge is 0.336 e. The average molecular weight is 265 g/mol. The Bertz CT molecular complexity index is 457. The first-order chi connectivity index (χ1) is 7.84. The standard InChI is InChI=1S/C10H8ClF3N2O/c11-6-1-4-15-7(5-6)8(17)16-9(2-3-9)10(12,13)14/h1,4-5H,2-3H2,(H,16,17). The van der Waals surface area contributed by atoms with Gasteiger partial charge in [-0.2, -0.15) is 13.2 Å². The van der Waals surface area contributed by atoms with Crippen LogP contribution in [0.1, 0.15) is 23.3 Å². The third kappa shape index (κ3) is 2.36. The van der Waals surface area contributed by atoms with E-state index in [1.807, 2.05) is 5.32 Å². The minimum absolute atomic E-state index is 0.0944. The molecule has 0 aliphatic heterocycles. The number of amides is 1. The molecule has 7 heteroatoms. The average Bonchev–Trinajstić information content (AvgIpc) is 2.98. The monoisotopic (exact) mass is 264 g/mol. The summed E-state index contributed by atoms with van der Waals surface area (Å²) in [5.41, 5.74) is -2.19. The van der Waals surface area contributed by atoms with E-state index in [4.69, 9.17) is 11.6 Å². The number of halogens is 4. The van der Waals surface area contributed by atoms with Crippen molar-refractivity contribution in [2.24, 2.45) is 0 Å². The molecule has 1 aromatic heterocycles. The first-order valence-corrected chi connectivity index (χ1v) is 5.23. The molecule has 1 aliphatic carbocycles. The third-order valence-electron chi connectivity index (χ3n) is 2.60. The molecule has 92 valence electrons. The van der Waals surface area contributed by atoms with Crippen molar-refractivity contribution in [1.82, 2.24) is 10.3 Å². The number of nitrogens with one attached hydrogen (secondary N) is 1. The number of carbonyl (C=O) groups is 1. The van der Waals surface area contributed by atoms with Crippen LogP contribution in [0.15, 0.2) is 18.3 Å². The molecule has 1 fully saturated rings. The summed E-state index contributed by atoms with van der Waals surface area (Å²) in [5, 5.41) is 2.22. The number of hydrogen-bond donors (Lipinski definition) is 1. The molecule has 0 radical (unpaired) electrons. The van der Waals surface area contributed by atoms with E-state index in [1.165, 1.54) is 18.3 Å². The van der Waals surface area contributed by atoms with Gasteiger partial charge in [-0.15, -0.1) is 0 Å². The van der Waals surface area contributed by atoms with Gasteiger partial charge in [0.1, 0.15) is 11.2 Å². The molecule has 1 amide bonds. The van der Waals surface area contributed by atoms with Crippen molar-refractivity contribution >= 4 is 17.5 Å². The van der Waals surface area contributed by atoms with E-state index in [1.54, 1.807) is 0 Å². The third-order valence-corrected chi connectivity index (χ3v) is 2.84. The zero-order valence-corrected chi connectivity index (χ0v) is 9.27. The maximum Gasteiger partial charge on any atom is 0.411 e. The highest BCUT2D eigenvalue weighted by molar-refractivity contribution is 6.30. The number of hydrogen-bond acceptors (Lipinski definition) is 2. The van der Waals surface area contributed by atoms with Crippen molar-refractivity contribution in [2.75, 3.05) is 0 Å². The second-order valence-corrected chi connectivity index (χ2v) is 4.33. The summed E-state index contributed by atoms with van der Waals surface area (Å²) >= 11 is 5.62.